The molecule has 0 saturated heterocycles. The summed E-state index contributed by atoms with van der Waals surface area (Å²) < 4.78 is 85.1. The third kappa shape index (κ3) is 6.11. The van der Waals surface area contributed by atoms with Crippen molar-refractivity contribution in [2.45, 2.75) is 58.7 Å². The molecule has 1 aromatic rings. The number of nitrogens with two attached hydrogens (primary N) is 1. The van der Waals surface area contributed by atoms with Crippen LogP contribution in [-0.2, 0) is 13.9 Å². The van der Waals surface area contributed by atoms with E-state index in [9.17, 15) is 26.7 Å². The van der Waals surface area contributed by atoms with Crippen LogP contribution in [0.2, 0.25) is 0 Å². The quantitative estimate of drug-likeness (QED) is 0.198. The second-order valence-corrected chi connectivity index (χ2v) is 7.14. The molecule has 0 heterocycles. The maximum absolute atomic E-state index is 14.0. The average molecular weight is 444 g/mol. The predicted molar refractivity (Wildman–Crippen MR) is 98.6 cm³/mol. The molecule has 0 unspecified atom stereocenters. The highest BCUT2D eigenvalue weighted by molar-refractivity contribution is 5.98. The first kappa shape index (κ1) is 25.3. The van der Waals surface area contributed by atoms with E-state index in [-0.39, 0.29) is 40.4 Å². The highest BCUT2D eigenvalue weighted by Crippen LogP contribution is 2.31. The lowest BCUT2D eigenvalue weighted by molar-refractivity contribution is -0.369. The highest BCUT2D eigenvalue weighted by Gasteiger charge is 2.35. The summed E-state index contributed by atoms with van der Waals surface area (Å²) >= 11 is 0. The smallest absolute Gasteiger partial charge is 0.319 e. The van der Waals surface area contributed by atoms with E-state index in [2.05, 4.69) is 0 Å². The summed E-state index contributed by atoms with van der Waals surface area (Å²) in [6.45, 7) is 6.49. The Hall–Kier alpha value is -1.76. The molecule has 29 heavy (non-hydrogen) atoms. The monoisotopic (exact) mass is 444 g/mol. The summed E-state index contributed by atoms with van der Waals surface area (Å²) in [5.74, 6) is -12.5. The van der Waals surface area contributed by atoms with Crippen molar-refractivity contribution < 1.29 is 40.6 Å². The maximum atomic E-state index is 14.0. The zero-order valence-corrected chi connectivity index (χ0v) is 18.8. The Kier molecular flexibility index (Phi) is 9.00. The SMILES string of the molecule is CC(C)OC(CCCN(C(N)=O)c1c(F)c(F)c(F)c(F)c1F)(O[SiH3])OC(C)C. The second-order valence-electron chi connectivity index (χ2n) is 6.73. The van der Waals surface area contributed by atoms with E-state index in [0.29, 0.717) is 0 Å². The van der Waals surface area contributed by atoms with Crippen molar-refractivity contribution in [2.75, 3.05) is 11.4 Å². The van der Waals surface area contributed by atoms with Crippen LogP contribution in [0.15, 0.2) is 0 Å². The molecule has 0 aliphatic rings. The van der Waals surface area contributed by atoms with Crippen molar-refractivity contribution in [1.29, 1.82) is 0 Å². The molecule has 2 N–H and O–H groups in total. The van der Waals surface area contributed by atoms with Gasteiger partial charge in [-0.05, 0) is 34.1 Å². The molecule has 0 radical (unpaired) electrons. The minimum Gasteiger partial charge on any atom is -0.380 e. The number of halogens is 5. The Morgan fingerprint density at radius 1 is 0.966 bits per heavy atom. The lowest BCUT2D eigenvalue weighted by Gasteiger charge is -2.36. The first-order valence-corrected chi connectivity index (χ1v) is 9.67. The molecule has 6 nitrogen and oxygen atoms in total. The van der Waals surface area contributed by atoms with Crippen molar-refractivity contribution in [3.05, 3.63) is 29.1 Å². The molecule has 0 bridgehead atoms. The molecular weight excluding hydrogens is 419 g/mol. The number of rotatable bonds is 10. The Morgan fingerprint density at radius 2 is 1.38 bits per heavy atom. The predicted octanol–water partition coefficient (Wildman–Crippen LogP) is 2.85. The van der Waals surface area contributed by atoms with Gasteiger partial charge in [-0.15, -0.1) is 0 Å². The fraction of sp³-hybridized carbons (Fsp3) is 0.588. The number of hydrogen-bond donors (Lipinski definition) is 1. The molecule has 12 heteroatoms. The third-order valence-corrected chi connectivity index (χ3v) is 4.35. The maximum Gasteiger partial charge on any atom is 0.319 e. The average Bonchev–Trinajstić information content (AvgIpc) is 2.62. The van der Waals surface area contributed by atoms with Crippen molar-refractivity contribution in [1.82, 2.24) is 0 Å². The zero-order chi connectivity index (χ0) is 22.5. The van der Waals surface area contributed by atoms with Crippen molar-refractivity contribution in [3.63, 3.8) is 0 Å². The van der Waals surface area contributed by atoms with E-state index >= 15 is 0 Å². The fourth-order valence-corrected chi connectivity index (χ4v) is 3.07. The highest BCUT2D eigenvalue weighted by atomic mass is 28.2. The number of carbonyl (C=O) groups is 1. The lowest BCUT2D eigenvalue weighted by atomic mass is 10.2. The Labute approximate surface area is 168 Å². The van der Waals surface area contributed by atoms with Gasteiger partial charge >= 0.3 is 6.03 Å². The van der Waals surface area contributed by atoms with Gasteiger partial charge in [-0.2, -0.15) is 0 Å². The van der Waals surface area contributed by atoms with Crippen LogP contribution in [0.5, 0.6) is 0 Å². The van der Waals surface area contributed by atoms with Crippen LogP contribution < -0.4 is 10.6 Å². The second kappa shape index (κ2) is 10.3. The van der Waals surface area contributed by atoms with Crippen molar-refractivity contribution in [3.8, 4) is 0 Å². The van der Waals surface area contributed by atoms with Gasteiger partial charge in [0, 0.05) is 13.0 Å². The number of hydrogen-bond acceptors (Lipinski definition) is 4. The number of primary amides is 1. The molecule has 0 atom stereocenters. The third-order valence-electron chi connectivity index (χ3n) is 3.73. The normalized spacial score (nSPS) is 12.2. The topological polar surface area (TPSA) is 74.0 Å². The van der Waals surface area contributed by atoms with Gasteiger partial charge in [0.15, 0.2) is 33.8 Å². The molecular formula is C17H25F5N2O4Si. The summed E-state index contributed by atoms with van der Waals surface area (Å²) in [4.78, 5) is 12.0. The summed E-state index contributed by atoms with van der Waals surface area (Å²) in [6, 6.07) is -1.39. The first-order chi connectivity index (χ1) is 13.4. The van der Waals surface area contributed by atoms with E-state index in [4.69, 9.17) is 19.6 Å². The summed E-state index contributed by atoms with van der Waals surface area (Å²) in [6.07, 6.45) is -0.633. The summed E-state index contributed by atoms with van der Waals surface area (Å²) in [5.41, 5.74) is 3.70. The number of ether oxygens (including phenoxy) is 2. The number of carbonyl (C=O) groups excluding carboxylic acids is 1. The molecule has 0 aromatic heterocycles. The fourth-order valence-electron chi connectivity index (χ4n) is 2.68. The van der Waals surface area contributed by atoms with Gasteiger partial charge in [0.05, 0.1) is 12.2 Å². The largest absolute Gasteiger partial charge is 0.380 e. The molecule has 1 aromatic carbocycles. The van der Waals surface area contributed by atoms with Crippen molar-refractivity contribution >= 4 is 22.2 Å². The van der Waals surface area contributed by atoms with Gasteiger partial charge in [0.1, 0.15) is 5.69 Å². The first-order valence-electron chi connectivity index (χ1n) is 8.86. The van der Waals surface area contributed by atoms with Gasteiger partial charge in [-0.25, -0.2) is 26.7 Å². The Balaban J connectivity index is 3.15. The molecule has 166 valence electrons. The van der Waals surface area contributed by atoms with Crippen LogP contribution in [0.3, 0.4) is 0 Å². The number of anilines is 1. The standard InChI is InChI=1S/C17H25F5N2O4Si/c1-8(2)26-17(28-29,27-9(3)4)6-5-7-24(16(23)25)15-13(21)11(19)10(18)12(20)14(15)22/h8-9H,5-7H2,1-4,29H3,(H2,23,25). The molecule has 0 aliphatic heterocycles. The van der Waals surface area contributed by atoms with E-state index in [1.54, 1.807) is 27.7 Å². The zero-order valence-electron chi connectivity index (χ0n) is 16.8. The van der Waals surface area contributed by atoms with Crippen LogP contribution in [-0.4, -0.2) is 41.2 Å². The van der Waals surface area contributed by atoms with Crippen LogP contribution in [0.1, 0.15) is 40.5 Å². The van der Waals surface area contributed by atoms with E-state index < -0.39 is 53.3 Å². The summed E-state index contributed by atoms with van der Waals surface area (Å²) in [7, 11) is 0.220. The molecule has 0 spiro atoms. The number of benzene rings is 1. The molecule has 0 fully saturated rings. The van der Waals surface area contributed by atoms with Gasteiger partial charge in [0.2, 0.25) is 5.82 Å². The summed E-state index contributed by atoms with van der Waals surface area (Å²) in [5, 5.41) is 0. The lowest BCUT2D eigenvalue weighted by Crippen LogP contribution is -2.44. The number of urea groups is 1. The van der Waals surface area contributed by atoms with Gasteiger partial charge in [0.25, 0.3) is 5.97 Å². The molecule has 0 saturated carbocycles. The molecule has 0 aliphatic carbocycles. The minimum atomic E-state index is -2.33. The Bertz CT molecular complexity index is 697. The molecule has 2 amide bonds. The minimum absolute atomic E-state index is 0.00599. The van der Waals surface area contributed by atoms with Crippen LogP contribution >= 0.6 is 0 Å². The van der Waals surface area contributed by atoms with Crippen LogP contribution in [0.4, 0.5) is 32.4 Å². The van der Waals surface area contributed by atoms with E-state index in [1.807, 2.05) is 0 Å². The van der Waals surface area contributed by atoms with E-state index in [1.165, 1.54) is 0 Å². The van der Waals surface area contributed by atoms with Gasteiger partial charge in [-0.3, -0.25) is 4.90 Å². The van der Waals surface area contributed by atoms with E-state index in [0.717, 1.165) is 0 Å². The Morgan fingerprint density at radius 3 is 1.72 bits per heavy atom. The van der Waals surface area contributed by atoms with Crippen LogP contribution in [0, 0.1) is 29.1 Å². The number of nitrogens with zero attached hydrogens (tertiary/aromatic N) is 1. The van der Waals surface area contributed by atoms with Crippen molar-refractivity contribution in [2.24, 2.45) is 5.73 Å². The van der Waals surface area contributed by atoms with Gasteiger partial charge < -0.3 is 19.6 Å². The number of amides is 2. The van der Waals surface area contributed by atoms with Crippen LogP contribution in [0.25, 0.3) is 0 Å². The van der Waals surface area contributed by atoms with Gasteiger partial charge in [-0.1, -0.05) is 0 Å². The molecule has 1 rings (SSSR count).